The zero-order valence-corrected chi connectivity index (χ0v) is 15.8. The molecule has 0 atom stereocenters. The largest absolute Gasteiger partial charge is 0.447 e. The Hall–Kier alpha value is -2.89. The summed E-state index contributed by atoms with van der Waals surface area (Å²) in [5, 5.41) is 0. The number of oxazole rings is 1. The number of carbonyl (C=O) groups is 1. The van der Waals surface area contributed by atoms with E-state index in [4.69, 9.17) is 4.42 Å². The Morgan fingerprint density at radius 2 is 1.82 bits per heavy atom. The molecule has 0 radical (unpaired) electrons. The molecule has 5 rings (SSSR count). The smallest absolute Gasteiger partial charge is 0.276 e. The molecule has 1 amide bonds. The summed E-state index contributed by atoms with van der Waals surface area (Å²) in [4.78, 5) is 23.7. The predicted molar refractivity (Wildman–Crippen MR) is 104 cm³/mol. The third-order valence-corrected chi connectivity index (χ3v) is 5.84. The minimum Gasteiger partial charge on any atom is -0.447 e. The molecular weight excluding hydrogens is 352 g/mol. The highest BCUT2D eigenvalue weighted by atomic mass is 16.3. The summed E-state index contributed by atoms with van der Waals surface area (Å²) in [7, 11) is 0. The molecule has 3 heterocycles. The lowest BCUT2D eigenvalue weighted by atomic mass is 9.95. The van der Waals surface area contributed by atoms with Crippen LogP contribution in [0.3, 0.4) is 0 Å². The number of carbonyl (C=O) groups excluding carboxylic acids is 1. The van der Waals surface area contributed by atoms with Crippen molar-refractivity contribution < 1.29 is 9.21 Å². The van der Waals surface area contributed by atoms with Crippen molar-refractivity contribution in [3.05, 3.63) is 72.0 Å². The summed E-state index contributed by atoms with van der Waals surface area (Å²) in [6.45, 7) is 2.30. The first-order chi connectivity index (χ1) is 13.8. The van der Waals surface area contributed by atoms with Gasteiger partial charge >= 0.3 is 0 Å². The van der Waals surface area contributed by atoms with Crippen molar-refractivity contribution in [2.24, 2.45) is 0 Å². The highest BCUT2D eigenvalue weighted by molar-refractivity contribution is 5.93. The van der Waals surface area contributed by atoms with Gasteiger partial charge in [0.15, 0.2) is 12.1 Å². The van der Waals surface area contributed by atoms with Crippen LogP contribution in [0.25, 0.3) is 0 Å². The summed E-state index contributed by atoms with van der Waals surface area (Å²) in [6.07, 6.45) is 9.39. The lowest BCUT2D eigenvalue weighted by molar-refractivity contribution is 0.0702. The van der Waals surface area contributed by atoms with Gasteiger partial charge in [0, 0.05) is 43.9 Å². The SMILES string of the molecule is O=C(c1ncoc1C1CC1)N1CCC(c2nccn2Cc2ccccc2)CC1. The highest BCUT2D eigenvalue weighted by Crippen LogP contribution is 2.42. The quantitative estimate of drug-likeness (QED) is 0.679. The zero-order chi connectivity index (χ0) is 18.9. The summed E-state index contributed by atoms with van der Waals surface area (Å²) >= 11 is 0. The van der Waals surface area contributed by atoms with Gasteiger partial charge in [-0.2, -0.15) is 0 Å². The number of piperidine rings is 1. The van der Waals surface area contributed by atoms with E-state index in [2.05, 4.69) is 45.0 Å². The molecule has 144 valence electrons. The van der Waals surface area contributed by atoms with Gasteiger partial charge in [-0.1, -0.05) is 30.3 Å². The molecule has 3 aromatic rings. The second-order valence-corrected chi connectivity index (χ2v) is 7.80. The van der Waals surface area contributed by atoms with Crippen LogP contribution in [0.15, 0.2) is 53.5 Å². The number of aromatic nitrogens is 3. The van der Waals surface area contributed by atoms with Gasteiger partial charge in [0.1, 0.15) is 11.6 Å². The maximum absolute atomic E-state index is 12.9. The van der Waals surface area contributed by atoms with E-state index in [1.165, 1.54) is 12.0 Å². The molecule has 1 aromatic carbocycles. The molecule has 0 spiro atoms. The van der Waals surface area contributed by atoms with Crippen LogP contribution in [0.2, 0.25) is 0 Å². The summed E-state index contributed by atoms with van der Waals surface area (Å²) in [6, 6.07) is 10.4. The average molecular weight is 376 g/mol. The Morgan fingerprint density at radius 1 is 1.04 bits per heavy atom. The molecule has 2 fully saturated rings. The molecule has 0 N–H and O–H groups in total. The molecule has 1 aliphatic heterocycles. The van der Waals surface area contributed by atoms with E-state index in [0.29, 0.717) is 17.5 Å². The maximum Gasteiger partial charge on any atom is 0.276 e. The van der Waals surface area contributed by atoms with E-state index < -0.39 is 0 Å². The average Bonchev–Trinajstić information content (AvgIpc) is 3.28. The maximum atomic E-state index is 12.9. The van der Waals surface area contributed by atoms with Gasteiger partial charge < -0.3 is 13.9 Å². The molecule has 1 aliphatic carbocycles. The molecule has 28 heavy (non-hydrogen) atoms. The molecule has 0 bridgehead atoms. The van der Waals surface area contributed by atoms with E-state index in [9.17, 15) is 4.79 Å². The number of imidazole rings is 1. The van der Waals surface area contributed by atoms with Gasteiger partial charge in [0.25, 0.3) is 5.91 Å². The molecule has 0 unspecified atom stereocenters. The molecular formula is C22H24N4O2. The van der Waals surface area contributed by atoms with Crippen molar-refractivity contribution in [3.8, 4) is 0 Å². The van der Waals surface area contributed by atoms with Crippen LogP contribution in [0.1, 0.15) is 65.2 Å². The molecule has 2 aromatic heterocycles. The van der Waals surface area contributed by atoms with E-state index in [0.717, 1.165) is 56.9 Å². The number of hydrogen-bond donors (Lipinski definition) is 0. The van der Waals surface area contributed by atoms with E-state index in [-0.39, 0.29) is 5.91 Å². The second-order valence-electron chi connectivity index (χ2n) is 7.80. The van der Waals surface area contributed by atoms with E-state index in [1.54, 1.807) is 0 Å². The monoisotopic (exact) mass is 376 g/mol. The van der Waals surface area contributed by atoms with Gasteiger partial charge in [-0.05, 0) is 31.2 Å². The third-order valence-electron chi connectivity index (χ3n) is 5.84. The molecule has 6 nitrogen and oxygen atoms in total. The highest BCUT2D eigenvalue weighted by Gasteiger charge is 2.35. The minimum absolute atomic E-state index is 0.0155. The van der Waals surface area contributed by atoms with Crippen molar-refractivity contribution in [2.75, 3.05) is 13.1 Å². The number of hydrogen-bond acceptors (Lipinski definition) is 4. The zero-order valence-electron chi connectivity index (χ0n) is 15.8. The Bertz CT molecular complexity index is 950. The van der Waals surface area contributed by atoms with Crippen LogP contribution < -0.4 is 0 Å². The Kier molecular flexibility index (Phi) is 4.47. The normalized spacial score (nSPS) is 17.8. The Morgan fingerprint density at radius 3 is 2.57 bits per heavy atom. The standard InChI is InChI=1S/C22H24N4O2/c27-22(19-20(17-6-7-17)28-15-24-19)25-11-8-18(9-12-25)21-23-10-13-26(21)14-16-4-2-1-3-5-16/h1-5,10,13,15,17-18H,6-9,11-12,14H2. The fraction of sp³-hybridized carbons (Fsp3) is 0.409. The predicted octanol–water partition coefficient (Wildman–Crippen LogP) is 3.82. The fourth-order valence-corrected chi connectivity index (χ4v) is 4.14. The van der Waals surface area contributed by atoms with Crippen LogP contribution in [0.5, 0.6) is 0 Å². The molecule has 1 saturated heterocycles. The van der Waals surface area contributed by atoms with Crippen LogP contribution in [-0.4, -0.2) is 38.4 Å². The van der Waals surface area contributed by atoms with Crippen molar-refractivity contribution in [1.29, 1.82) is 0 Å². The molecule has 6 heteroatoms. The van der Waals surface area contributed by atoms with Crippen molar-refractivity contribution in [1.82, 2.24) is 19.4 Å². The first-order valence-electron chi connectivity index (χ1n) is 10.1. The number of amides is 1. The summed E-state index contributed by atoms with van der Waals surface area (Å²) in [5.41, 5.74) is 1.79. The van der Waals surface area contributed by atoms with Crippen LogP contribution in [0, 0.1) is 0 Å². The number of benzene rings is 1. The van der Waals surface area contributed by atoms with Gasteiger partial charge in [-0.3, -0.25) is 4.79 Å². The van der Waals surface area contributed by atoms with Gasteiger partial charge in [0.2, 0.25) is 0 Å². The molecule has 1 saturated carbocycles. The number of nitrogens with zero attached hydrogens (tertiary/aromatic N) is 4. The van der Waals surface area contributed by atoms with Crippen LogP contribution in [-0.2, 0) is 6.54 Å². The van der Waals surface area contributed by atoms with Crippen molar-refractivity contribution in [3.63, 3.8) is 0 Å². The van der Waals surface area contributed by atoms with Crippen LogP contribution >= 0.6 is 0 Å². The Labute approximate surface area is 164 Å². The van der Waals surface area contributed by atoms with Gasteiger partial charge in [0.05, 0.1) is 0 Å². The van der Waals surface area contributed by atoms with Crippen LogP contribution in [0.4, 0.5) is 0 Å². The van der Waals surface area contributed by atoms with E-state index in [1.807, 2.05) is 17.2 Å². The first-order valence-corrected chi connectivity index (χ1v) is 10.1. The third kappa shape index (κ3) is 3.35. The number of likely N-dealkylation sites (tertiary alicyclic amines) is 1. The lowest BCUT2D eigenvalue weighted by Gasteiger charge is -2.31. The minimum atomic E-state index is 0.0155. The van der Waals surface area contributed by atoms with Crippen molar-refractivity contribution in [2.45, 2.75) is 44.1 Å². The summed E-state index contributed by atoms with van der Waals surface area (Å²) in [5.74, 6) is 2.69. The molecule has 2 aliphatic rings. The fourth-order valence-electron chi connectivity index (χ4n) is 4.14. The summed E-state index contributed by atoms with van der Waals surface area (Å²) < 4.78 is 7.72. The van der Waals surface area contributed by atoms with Gasteiger partial charge in [-0.25, -0.2) is 9.97 Å². The van der Waals surface area contributed by atoms with E-state index >= 15 is 0 Å². The topological polar surface area (TPSA) is 64.2 Å². The Balaban J connectivity index is 1.25. The first kappa shape index (κ1) is 17.2. The van der Waals surface area contributed by atoms with Crippen molar-refractivity contribution >= 4 is 5.91 Å². The lowest BCUT2D eigenvalue weighted by Crippen LogP contribution is -2.39. The second kappa shape index (κ2) is 7.26. The van der Waals surface area contributed by atoms with Gasteiger partial charge in [-0.15, -0.1) is 0 Å². The number of rotatable bonds is 5.